The summed E-state index contributed by atoms with van der Waals surface area (Å²) in [5.41, 5.74) is 0.314. The molecule has 0 fully saturated rings. The van der Waals surface area contributed by atoms with Gasteiger partial charge in [0, 0.05) is 40.3 Å². The second-order valence-corrected chi connectivity index (χ2v) is 6.53. The largest absolute Gasteiger partial charge is 0.385 e. The zero-order valence-electron chi connectivity index (χ0n) is 13.2. The second kappa shape index (κ2) is 9.43. The highest BCUT2D eigenvalue weighted by Gasteiger charge is 2.19. The molecule has 9 heteroatoms. The van der Waals surface area contributed by atoms with Gasteiger partial charge < -0.3 is 15.4 Å². The molecule has 1 aromatic carbocycles. The van der Waals surface area contributed by atoms with Crippen molar-refractivity contribution in [3.63, 3.8) is 0 Å². The molecule has 130 valence electrons. The summed E-state index contributed by atoms with van der Waals surface area (Å²) in [6, 6.07) is 3.53. The molecule has 7 nitrogen and oxygen atoms in total. The highest BCUT2D eigenvalue weighted by atomic mass is 32.2. The minimum absolute atomic E-state index is 0.0154. The molecule has 0 aliphatic rings. The van der Waals surface area contributed by atoms with Gasteiger partial charge in [0.05, 0.1) is 5.69 Å². The van der Waals surface area contributed by atoms with E-state index in [0.717, 1.165) is 6.07 Å². The monoisotopic (exact) mass is 347 g/mol. The Morgan fingerprint density at radius 2 is 2.00 bits per heavy atom. The summed E-state index contributed by atoms with van der Waals surface area (Å²) in [6.45, 7) is 2.53. The van der Waals surface area contributed by atoms with E-state index in [2.05, 4.69) is 15.4 Å². The summed E-state index contributed by atoms with van der Waals surface area (Å²) in [6.07, 6.45) is 0.684. The van der Waals surface area contributed by atoms with Gasteiger partial charge in [-0.25, -0.2) is 17.5 Å². The van der Waals surface area contributed by atoms with E-state index in [-0.39, 0.29) is 23.9 Å². The molecule has 0 bridgehead atoms. The number of benzene rings is 1. The lowest BCUT2D eigenvalue weighted by Crippen LogP contribution is -2.34. The molecule has 1 aromatic rings. The number of nitrogens with one attached hydrogen (secondary N) is 3. The van der Waals surface area contributed by atoms with Crippen molar-refractivity contribution in [2.75, 3.05) is 38.7 Å². The molecule has 23 heavy (non-hydrogen) atoms. The van der Waals surface area contributed by atoms with Gasteiger partial charge in [-0.05, 0) is 24.6 Å². The van der Waals surface area contributed by atoms with Crippen LogP contribution in [0.3, 0.4) is 0 Å². The Hall–Kier alpha value is -1.71. The van der Waals surface area contributed by atoms with E-state index in [9.17, 15) is 17.6 Å². The maximum absolute atomic E-state index is 13.4. The van der Waals surface area contributed by atoms with Gasteiger partial charge in [-0.2, -0.15) is 0 Å². The first kappa shape index (κ1) is 19.3. The molecule has 0 heterocycles. The highest BCUT2D eigenvalue weighted by Crippen LogP contribution is 2.22. The van der Waals surface area contributed by atoms with Crippen molar-refractivity contribution in [1.82, 2.24) is 10.0 Å². The number of sulfonamides is 1. The molecular formula is C14H22FN3O4S. The average molecular weight is 347 g/mol. The summed E-state index contributed by atoms with van der Waals surface area (Å²) >= 11 is 0. The SMILES string of the molecule is COCCCNc1ccc(F)cc1S(=O)(=O)NCCNC(C)=O. The molecule has 0 aliphatic carbocycles. The van der Waals surface area contributed by atoms with Crippen LogP contribution in [0.2, 0.25) is 0 Å². The predicted molar refractivity (Wildman–Crippen MR) is 85.3 cm³/mol. The minimum atomic E-state index is -3.89. The topological polar surface area (TPSA) is 96.5 Å². The van der Waals surface area contributed by atoms with Crippen molar-refractivity contribution in [1.29, 1.82) is 0 Å². The Labute approximate surface area is 135 Å². The van der Waals surface area contributed by atoms with E-state index in [1.54, 1.807) is 7.11 Å². The Balaban J connectivity index is 2.78. The zero-order valence-corrected chi connectivity index (χ0v) is 14.0. The van der Waals surface area contributed by atoms with Crippen LogP contribution in [0.5, 0.6) is 0 Å². The van der Waals surface area contributed by atoms with Crippen LogP contribution in [0.4, 0.5) is 10.1 Å². The van der Waals surface area contributed by atoms with Crippen molar-refractivity contribution in [3.05, 3.63) is 24.0 Å². The average Bonchev–Trinajstić information content (AvgIpc) is 2.49. The number of carbonyl (C=O) groups is 1. The lowest BCUT2D eigenvalue weighted by molar-refractivity contribution is -0.118. The van der Waals surface area contributed by atoms with Crippen LogP contribution in [0.25, 0.3) is 0 Å². The summed E-state index contributed by atoms with van der Waals surface area (Å²) in [5, 5.41) is 5.43. The summed E-state index contributed by atoms with van der Waals surface area (Å²) in [4.78, 5) is 10.6. The maximum Gasteiger partial charge on any atom is 0.242 e. The third-order valence-corrected chi connectivity index (χ3v) is 4.37. The highest BCUT2D eigenvalue weighted by molar-refractivity contribution is 7.89. The third kappa shape index (κ3) is 6.93. The van der Waals surface area contributed by atoms with E-state index in [1.807, 2.05) is 0 Å². The number of rotatable bonds is 10. The third-order valence-electron chi connectivity index (χ3n) is 2.86. The summed E-state index contributed by atoms with van der Waals surface area (Å²) < 4.78 is 45.2. The first-order valence-corrected chi connectivity index (χ1v) is 8.61. The first-order chi connectivity index (χ1) is 10.9. The molecule has 1 amide bonds. The van der Waals surface area contributed by atoms with Gasteiger partial charge in [0.1, 0.15) is 10.7 Å². The first-order valence-electron chi connectivity index (χ1n) is 7.13. The van der Waals surface area contributed by atoms with Crippen molar-refractivity contribution < 1.29 is 22.3 Å². The maximum atomic E-state index is 13.4. The summed E-state index contributed by atoms with van der Waals surface area (Å²) in [7, 11) is -2.31. The minimum Gasteiger partial charge on any atom is -0.385 e. The number of ether oxygens (including phenoxy) is 1. The predicted octanol–water partition coefficient (Wildman–Crippen LogP) is 0.689. The Bertz CT molecular complexity index is 622. The van der Waals surface area contributed by atoms with Gasteiger partial charge in [0.25, 0.3) is 0 Å². The number of hydrogen-bond donors (Lipinski definition) is 3. The van der Waals surface area contributed by atoms with Crippen LogP contribution in [-0.4, -0.2) is 47.7 Å². The van der Waals surface area contributed by atoms with Gasteiger partial charge in [0.2, 0.25) is 15.9 Å². The molecule has 0 atom stereocenters. The lowest BCUT2D eigenvalue weighted by atomic mass is 10.3. The molecule has 1 rings (SSSR count). The van der Waals surface area contributed by atoms with Crippen LogP contribution in [0.15, 0.2) is 23.1 Å². The van der Waals surface area contributed by atoms with Crippen LogP contribution in [-0.2, 0) is 19.6 Å². The van der Waals surface area contributed by atoms with Gasteiger partial charge in [-0.1, -0.05) is 0 Å². The van der Waals surface area contributed by atoms with Gasteiger partial charge >= 0.3 is 0 Å². The van der Waals surface area contributed by atoms with E-state index < -0.39 is 15.8 Å². The molecule has 0 saturated carbocycles. The van der Waals surface area contributed by atoms with E-state index in [1.165, 1.54) is 19.1 Å². The molecule has 0 aliphatic heterocycles. The van der Waals surface area contributed by atoms with Gasteiger partial charge in [-0.3, -0.25) is 4.79 Å². The van der Waals surface area contributed by atoms with Crippen LogP contribution in [0.1, 0.15) is 13.3 Å². The molecule has 0 saturated heterocycles. The molecule has 3 N–H and O–H groups in total. The number of amides is 1. The molecule has 0 unspecified atom stereocenters. The Morgan fingerprint density at radius 1 is 1.26 bits per heavy atom. The van der Waals surface area contributed by atoms with Crippen molar-refractivity contribution in [2.45, 2.75) is 18.2 Å². The number of methoxy groups -OCH3 is 1. The normalized spacial score (nSPS) is 11.3. The van der Waals surface area contributed by atoms with E-state index >= 15 is 0 Å². The fourth-order valence-electron chi connectivity index (χ4n) is 1.81. The molecule has 0 aromatic heterocycles. The second-order valence-electron chi connectivity index (χ2n) is 4.79. The number of carbonyl (C=O) groups excluding carboxylic acids is 1. The Kier molecular flexibility index (Phi) is 7.93. The fourth-order valence-corrected chi connectivity index (χ4v) is 3.03. The van der Waals surface area contributed by atoms with Crippen molar-refractivity contribution in [2.24, 2.45) is 0 Å². The van der Waals surface area contributed by atoms with Gasteiger partial charge in [-0.15, -0.1) is 0 Å². The van der Waals surface area contributed by atoms with Crippen molar-refractivity contribution >= 4 is 21.6 Å². The van der Waals surface area contributed by atoms with E-state index in [0.29, 0.717) is 25.3 Å². The Morgan fingerprint density at radius 3 is 2.65 bits per heavy atom. The number of anilines is 1. The molecule has 0 radical (unpaired) electrons. The zero-order chi connectivity index (χ0) is 17.3. The standard InChI is InChI=1S/C14H22FN3O4S/c1-11(19)16-7-8-18-23(20,21)14-10-12(15)4-5-13(14)17-6-3-9-22-2/h4-5,10,17-18H,3,6-9H2,1-2H3,(H,16,19). The van der Waals surface area contributed by atoms with Crippen LogP contribution >= 0.6 is 0 Å². The quantitative estimate of drug-likeness (QED) is 0.541. The number of halogens is 1. The smallest absolute Gasteiger partial charge is 0.242 e. The van der Waals surface area contributed by atoms with Crippen LogP contribution in [0, 0.1) is 5.82 Å². The molecule has 0 spiro atoms. The van der Waals surface area contributed by atoms with Crippen LogP contribution < -0.4 is 15.4 Å². The fraction of sp³-hybridized carbons (Fsp3) is 0.500. The van der Waals surface area contributed by atoms with E-state index in [4.69, 9.17) is 4.74 Å². The molecular weight excluding hydrogens is 325 g/mol. The lowest BCUT2D eigenvalue weighted by Gasteiger charge is -2.13. The number of hydrogen-bond acceptors (Lipinski definition) is 5. The van der Waals surface area contributed by atoms with Gasteiger partial charge in [0.15, 0.2) is 0 Å². The van der Waals surface area contributed by atoms with Crippen molar-refractivity contribution in [3.8, 4) is 0 Å². The summed E-state index contributed by atoms with van der Waals surface area (Å²) in [5.74, 6) is -0.898.